The van der Waals surface area contributed by atoms with E-state index in [2.05, 4.69) is 12.2 Å². The molecule has 1 fully saturated rings. The minimum Gasteiger partial charge on any atom is -0.338 e. The zero-order valence-corrected chi connectivity index (χ0v) is 10.3. The van der Waals surface area contributed by atoms with Gasteiger partial charge in [0.05, 0.1) is 0 Å². The van der Waals surface area contributed by atoms with Crippen molar-refractivity contribution in [2.75, 3.05) is 13.6 Å². The van der Waals surface area contributed by atoms with Crippen LogP contribution in [0.3, 0.4) is 0 Å². The van der Waals surface area contributed by atoms with Gasteiger partial charge in [0.15, 0.2) is 0 Å². The summed E-state index contributed by atoms with van der Waals surface area (Å²) in [6.07, 6.45) is 4.98. The Morgan fingerprint density at radius 3 is 2.62 bits per heavy atom. The highest BCUT2D eigenvalue weighted by atomic mass is 16.2. The fourth-order valence-corrected chi connectivity index (χ4v) is 1.97. The maximum atomic E-state index is 11.7. The molecule has 0 bridgehead atoms. The first-order chi connectivity index (χ1) is 7.65. The molecule has 0 saturated heterocycles. The van der Waals surface area contributed by atoms with E-state index in [1.165, 1.54) is 0 Å². The minimum absolute atomic E-state index is 0.00667. The second kappa shape index (κ2) is 6.51. The molecule has 1 N–H and O–H groups in total. The van der Waals surface area contributed by atoms with Crippen LogP contribution in [0.25, 0.3) is 0 Å². The maximum absolute atomic E-state index is 11.7. The molecule has 0 aromatic heterocycles. The van der Waals surface area contributed by atoms with Crippen LogP contribution in [0.5, 0.6) is 0 Å². The molecule has 0 aromatic rings. The lowest BCUT2D eigenvalue weighted by molar-refractivity contribution is -0.121. The predicted octanol–water partition coefficient (Wildman–Crippen LogP) is 1.94. The van der Waals surface area contributed by atoms with Gasteiger partial charge < -0.3 is 10.2 Å². The number of hydrogen-bond acceptors (Lipinski definition) is 2. The number of ketones is 1. The van der Waals surface area contributed by atoms with Crippen LogP contribution in [-0.4, -0.2) is 36.3 Å². The van der Waals surface area contributed by atoms with Gasteiger partial charge in [-0.1, -0.05) is 13.3 Å². The number of nitrogens with zero attached hydrogens (tertiary/aromatic N) is 1. The quantitative estimate of drug-likeness (QED) is 0.745. The van der Waals surface area contributed by atoms with Crippen LogP contribution < -0.4 is 5.32 Å². The zero-order valence-electron chi connectivity index (χ0n) is 10.3. The summed E-state index contributed by atoms with van der Waals surface area (Å²) in [6, 6.07) is 0.229. The molecule has 1 aliphatic carbocycles. The topological polar surface area (TPSA) is 49.4 Å². The Labute approximate surface area is 97.4 Å². The van der Waals surface area contributed by atoms with Crippen LogP contribution >= 0.6 is 0 Å². The monoisotopic (exact) mass is 226 g/mol. The van der Waals surface area contributed by atoms with Gasteiger partial charge in [-0.05, 0) is 19.3 Å². The average Bonchev–Trinajstić information content (AvgIpc) is 2.29. The number of carbonyl (C=O) groups excluding carboxylic acids is 2. The van der Waals surface area contributed by atoms with Crippen molar-refractivity contribution in [2.45, 2.75) is 51.5 Å². The van der Waals surface area contributed by atoms with Crippen molar-refractivity contribution >= 4 is 11.8 Å². The number of rotatable bonds is 4. The van der Waals surface area contributed by atoms with Crippen LogP contribution in [0.4, 0.5) is 4.79 Å². The molecule has 0 unspecified atom stereocenters. The van der Waals surface area contributed by atoms with E-state index in [-0.39, 0.29) is 12.1 Å². The standard InChI is InChI=1S/C12H22N2O2/c1-3-4-9-13-12(16)14(2)10-5-7-11(15)8-6-10/h10H,3-9H2,1-2H3,(H,13,16). The van der Waals surface area contributed by atoms with E-state index < -0.39 is 0 Å². The van der Waals surface area contributed by atoms with E-state index in [1.807, 2.05) is 7.05 Å². The van der Waals surface area contributed by atoms with Crippen LogP contribution in [0.2, 0.25) is 0 Å². The fraction of sp³-hybridized carbons (Fsp3) is 0.833. The number of unbranched alkanes of at least 4 members (excludes halogenated alkanes) is 1. The van der Waals surface area contributed by atoms with Gasteiger partial charge in [-0.25, -0.2) is 4.79 Å². The molecule has 0 aromatic carbocycles. The molecule has 2 amide bonds. The summed E-state index contributed by atoms with van der Waals surface area (Å²) < 4.78 is 0. The Kier molecular flexibility index (Phi) is 5.29. The van der Waals surface area contributed by atoms with E-state index in [4.69, 9.17) is 0 Å². The lowest BCUT2D eigenvalue weighted by Crippen LogP contribution is -2.45. The molecule has 0 radical (unpaired) electrons. The first-order valence-corrected chi connectivity index (χ1v) is 6.17. The van der Waals surface area contributed by atoms with Crippen molar-refractivity contribution in [3.63, 3.8) is 0 Å². The van der Waals surface area contributed by atoms with Crippen molar-refractivity contribution in [3.05, 3.63) is 0 Å². The number of amides is 2. The number of urea groups is 1. The van der Waals surface area contributed by atoms with Gasteiger partial charge in [-0.3, -0.25) is 4.79 Å². The van der Waals surface area contributed by atoms with Gasteiger partial charge in [0.25, 0.3) is 0 Å². The van der Waals surface area contributed by atoms with E-state index in [0.717, 1.165) is 32.2 Å². The Morgan fingerprint density at radius 1 is 1.44 bits per heavy atom. The minimum atomic E-state index is -0.00667. The Morgan fingerprint density at radius 2 is 2.06 bits per heavy atom. The largest absolute Gasteiger partial charge is 0.338 e. The summed E-state index contributed by atoms with van der Waals surface area (Å²) in [4.78, 5) is 24.6. The van der Waals surface area contributed by atoms with Crippen LogP contribution in [0.1, 0.15) is 45.4 Å². The summed E-state index contributed by atoms with van der Waals surface area (Å²) >= 11 is 0. The molecule has 16 heavy (non-hydrogen) atoms. The molecule has 1 saturated carbocycles. The normalized spacial score (nSPS) is 17.2. The highest BCUT2D eigenvalue weighted by Gasteiger charge is 2.24. The third-order valence-electron chi connectivity index (χ3n) is 3.19. The van der Waals surface area contributed by atoms with Gasteiger partial charge in [0.1, 0.15) is 5.78 Å². The highest BCUT2D eigenvalue weighted by Crippen LogP contribution is 2.19. The van der Waals surface area contributed by atoms with Crippen molar-refractivity contribution in [2.24, 2.45) is 0 Å². The summed E-state index contributed by atoms with van der Waals surface area (Å²) in [5.41, 5.74) is 0. The first kappa shape index (κ1) is 13.0. The molecule has 92 valence electrons. The second-order valence-corrected chi connectivity index (χ2v) is 4.47. The molecule has 0 aliphatic heterocycles. The van der Waals surface area contributed by atoms with Crippen LogP contribution in [0.15, 0.2) is 0 Å². The van der Waals surface area contributed by atoms with Crippen LogP contribution in [0, 0.1) is 0 Å². The molecule has 4 heteroatoms. The smallest absolute Gasteiger partial charge is 0.317 e. The second-order valence-electron chi connectivity index (χ2n) is 4.47. The van der Waals surface area contributed by atoms with E-state index in [0.29, 0.717) is 18.6 Å². The van der Waals surface area contributed by atoms with E-state index in [1.54, 1.807) is 4.90 Å². The SMILES string of the molecule is CCCCNC(=O)N(C)C1CCC(=O)CC1. The van der Waals surface area contributed by atoms with Crippen molar-refractivity contribution in [1.82, 2.24) is 10.2 Å². The van der Waals surface area contributed by atoms with Crippen molar-refractivity contribution in [1.29, 1.82) is 0 Å². The van der Waals surface area contributed by atoms with Crippen LogP contribution in [-0.2, 0) is 4.79 Å². The predicted molar refractivity (Wildman–Crippen MR) is 63.3 cm³/mol. The number of carbonyl (C=O) groups is 2. The van der Waals surface area contributed by atoms with Crippen molar-refractivity contribution < 1.29 is 9.59 Å². The molecule has 4 nitrogen and oxygen atoms in total. The molecule has 0 atom stereocenters. The molecule has 1 aliphatic rings. The Hall–Kier alpha value is -1.06. The van der Waals surface area contributed by atoms with Gasteiger partial charge in [-0.2, -0.15) is 0 Å². The van der Waals surface area contributed by atoms with Gasteiger partial charge >= 0.3 is 6.03 Å². The molecule has 0 spiro atoms. The number of nitrogens with one attached hydrogen (secondary N) is 1. The fourth-order valence-electron chi connectivity index (χ4n) is 1.97. The van der Waals surface area contributed by atoms with Gasteiger partial charge in [-0.15, -0.1) is 0 Å². The summed E-state index contributed by atoms with van der Waals surface area (Å²) in [5.74, 6) is 0.330. The first-order valence-electron chi connectivity index (χ1n) is 6.17. The molecule has 1 rings (SSSR count). The van der Waals surface area contributed by atoms with E-state index >= 15 is 0 Å². The maximum Gasteiger partial charge on any atom is 0.317 e. The lowest BCUT2D eigenvalue weighted by Gasteiger charge is -2.30. The summed E-state index contributed by atoms with van der Waals surface area (Å²) in [7, 11) is 1.82. The molecular formula is C12H22N2O2. The Balaban J connectivity index is 2.29. The van der Waals surface area contributed by atoms with E-state index in [9.17, 15) is 9.59 Å². The molecule has 0 heterocycles. The number of Topliss-reactive ketones (excluding diaryl/α,β-unsaturated/α-hetero) is 1. The highest BCUT2D eigenvalue weighted by molar-refractivity contribution is 5.80. The summed E-state index contributed by atoms with van der Waals surface area (Å²) in [5, 5.41) is 2.89. The van der Waals surface area contributed by atoms with Gasteiger partial charge in [0, 0.05) is 32.5 Å². The lowest BCUT2D eigenvalue weighted by atomic mass is 9.93. The zero-order chi connectivity index (χ0) is 12.0. The molecular weight excluding hydrogens is 204 g/mol. The third-order valence-corrected chi connectivity index (χ3v) is 3.19. The summed E-state index contributed by atoms with van der Waals surface area (Å²) in [6.45, 7) is 2.84. The average molecular weight is 226 g/mol. The third kappa shape index (κ3) is 3.83. The number of hydrogen-bond donors (Lipinski definition) is 1. The van der Waals surface area contributed by atoms with Crippen molar-refractivity contribution in [3.8, 4) is 0 Å². The Bertz CT molecular complexity index is 243. The van der Waals surface area contributed by atoms with Gasteiger partial charge in [0.2, 0.25) is 0 Å².